The summed E-state index contributed by atoms with van der Waals surface area (Å²) >= 11 is 3.14. The Labute approximate surface area is 495 Å². The summed E-state index contributed by atoms with van der Waals surface area (Å²) in [6.07, 6.45) is 2.37. The molecule has 3 aliphatic heterocycles. The van der Waals surface area contributed by atoms with Crippen LogP contribution in [0.25, 0.3) is 22.3 Å². The summed E-state index contributed by atoms with van der Waals surface area (Å²) < 4.78 is 54.5. The molecule has 3 aliphatic rings. The van der Waals surface area contributed by atoms with Crippen LogP contribution in [0.4, 0.5) is 4.39 Å². The second-order valence-corrected chi connectivity index (χ2v) is 22.6. The highest BCUT2D eigenvalue weighted by Gasteiger charge is 2.45. The number of imide groups is 1. The Kier molecular flexibility index (Phi) is 26.9. The zero-order valence-corrected chi connectivity index (χ0v) is 49.9. The molecule has 4 atom stereocenters. The second kappa shape index (κ2) is 33.7. The molecule has 3 aromatic rings. The van der Waals surface area contributed by atoms with Crippen LogP contribution in [0.3, 0.4) is 0 Å². The van der Waals surface area contributed by atoms with E-state index in [0.29, 0.717) is 118 Å². The molecule has 26 heteroatoms. The molecule has 0 unspecified atom stereocenters. The monoisotopic (exact) mass is 1210 g/mol. The third kappa shape index (κ3) is 19.0. The number of pyridine rings is 2. The van der Waals surface area contributed by atoms with Gasteiger partial charge in [0.1, 0.15) is 18.2 Å². The lowest BCUT2D eigenvalue weighted by molar-refractivity contribution is -0.172. The highest BCUT2D eigenvalue weighted by Crippen LogP contribution is 2.41. The highest BCUT2D eigenvalue weighted by molar-refractivity contribution is 8.02. The number of Topliss-reactive ketones (excluding diaryl/α,β-unsaturated/α-hetero) is 2. The number of amides is 5. The van der Waals surface area contributed by atoms with Crippen LogP contribution in [0.2, 0.25) is 0 Å². The van der Waals surface area contributed by atoms with Gasteiger partial charge in [0.05, 0.1) is 120 Å². The summed E-state index contributed by atoms with van der Waals surface area (Å²) in [4.78, 5) is 119. The Hall–Kier alpha value is -5.97. The molecule has 84 heavy (non-hydrogen) atoms. The number of thioether (sulfide) groups is 2. The number of hydrogen-bond acceptors (Lipinski definition) is 20. The Morgan fingerprint density at radius 2 is 1.36 bits per heavy atom. The van der Waals surface area contributed by atoms with E-state index in [-0.39, 0.29) is 105 Å². The lowest BCUT2D eigenvalue weighted by Crippen LogP contribution is -2.44. The largest absolute Gasteiger partial charge is 0.458 e. The molecule has 0 saturated heterocycles. The van der Waals surface area contributed by atoms with Crippen LogP contribution in [0.15, 0.2) is 35.1 Å². The zero-order valence-electron chi connectivity index (χ0n) is 48.3. The fourth-order valence-corrected chi connectivity index (χ4v) is 11.3. The fourth-order valence-electron chi connectivity index (χ4n) is 9.26. The van der Waals surface area contributed by atoms with Crippen LogP contribution in [-0.2, 0) is 96.0 Å². The molecule has 0 aliphatic carbocycles. The average molecular weight is 1210 g/mol. The van der Waals surface area contributed by atoms with Gasteiger partial charge in [0.2, 0.25) is 17.7 Å². The van der Waals surface area contributed by atoms with E-state index in [2.05, 4.69) is 16.0 Å². The minimum atomic E-state index is -1.98. The summed E-state index contributed by atoms with van der Waals surface area (Å²) in [5.74, 6) is -2.74. The van der Waals surface area contributed by atoms with Gasteiger partial charge in [-0.25, -0.2) is 14.2 Å². The first-order valence-corrected chi connectivity index (χ1v) is 30.5. The molecule has 0 bridgehead atoms. The van der Waals surface area contributed by atoms with E-state index in [1.165, 1.54) is 30.0 Å². The van der Waals surface area contributed by atoms with Crippen molar-refractivity contribution in [2.45, 2.75) is 97.3 Å². The quantitative estimate of drug-likeness (QED) is 0.0215. The van der Waals surface area contributed by atoms with Crippen molar-refractivity contribution < 1.29 is 81.0 Å². The summed E-state index contributed by atoms with van der Waals surface area (Å²) in [6.45, 7) is 12.4. The van der Waals surface area contributed by atoms with Crippen molar-refractivity contribution in [3.63, 3.8) is 0 Å². The molecule has 6 rings (SSSR count). The van der Waals surface area contributed by atoms with Gasteiger partial charge in [0, 0.05) is 103 Å². The van der Waals surface area contributed by atoms with Crippen LogP contribution in [-0.4, -0.2) is 182 Å². The van der Waals surface area contributed by atoms with Crippen molar-refractivity contribution in [3.05, 3.63) is 74.3 Å². The standard InChI is InChI=1S/C58H77FN6O17S2/c1-6-58(75)45-30-48-53-42(32-65(48)56(73)43(45)33-82-57(58)74)44(41-28-36(2)46(59)31-47(41)63-53)34-83-25-26-84-35-61-54(71)38(4)29-49(67)39(5)62-55(72)37(3)27-40(66)10-13-76-15-17-78-19-21-80-23-24-81-22-20-79-18-16-77-14-11-60-50(68)9-12-64-51(69)7-8-52(64)70/h7-8,28,30-31,37-39,75H,6,9-27,29,32-35H2,1-5H3,(H,60,68)(H,61,71)(H,62,72)/t37-,38-,39-,58+/m1/s1. The van der Waals surface area contributed by atoms with Gasteiger partial charge in [0.15, 0.2) is 11.4 Å². The van der Waals surface area contributed by atoms with E-state index < -0.39 is 53.0 Å². The van der Waals surface area contributed by atoms with E-state index in [0.717, 1.165) is 21.4 Å². The fraction of sp³-hybridized carbons (Fsp3) is 0.586. The number of ketones is 2. The molecule has 1 aromatic carbocycles. The molecular formula is C58H77FN6O17S2. The Balaban J connectivity index is 0.744. The summed E-state index contributed by atoms with van der Waals surface area (Å²) in [6, 6.07) is 3.91. The number of cyclic esters (lactones) is 1. The van der Waals surface area contributed by atoms with Crippen molar-refractivity contribution in [1.29, 1.82) is 0 Å². The van der Waals surface area contributed by atoms with Crippen molar-refractivity contribution >= 4 is 81.5 Å². The Morgan fingerprint density at radius 1 is 0.762 bits per heavy atom. The van der Waals surface area contributed by atoms with Crippen molar-refractivity contribution in [1.82, 2.24) is 30.4 Å². The average Bonchev–Trinajstić information content (AvgIpc) is 1.77. The Bertz CT molecular complexity index is 2920. The molecule has 460 valence electrons. The first kappa shape index (κ1) is 67.2. The van der Waals surface area contributed by atoms with Gasteiger partial charge < -0.3 is 58.8 Å². The van der Waals surface area contributed by atoms with Crippen LogP contribution in [0.5, 0.6) is 0 Å². The zero-order chi connectivity index (χ0) is 60.8. The number of halogens is 1. The van der Waals surface area contributed by atoms with Crippen molar-refractivity contribution in [2.24, 2.45) is 11.8 Å². The molecule has 5 heterocycles. The number of nitrogens with one attached hydrogen (secondary N) is 3. The van der Waals surface area contributed by atoms with E-state index in [9.17, 15) is 52.6 Å². The smallest absolute Gasteiger partial charge is 0.343 e. The topological polar surface area (TPSA) is 296 Å². The first-order valence-electron chi connectivity index (χ1n) is 28.2. The summed E-state index contributed by atoms with van der Waals surface area (Å²) in [5.41, 5.74) is 1.58. The number of carbonyl (C=O) groups is 8. The van der Waals surface area contributed by atoms with Crippen molar-refractivity contribution in [3.8, 4) is 11.4 Å². The highest BCUT2D eigenvalue weighted by atomic mass is 32.2. The molecule has 0 fully saturated rings. The van der Waals surface area contributed by atoms with Gasteiger partial charge in [0.25, 0.3) is 17.4 Å². The number of nitrogens with zero attached hydrogens (tertiary/aromatic N) is 3. The van der Waals surface area contributed by atoms with Crippen molar-refractivity contribution in [2.75, 3.05) is 110 Å². The molecule has 4 N–H and O–H groups in total. The number of aryl methyl sites for hydroxylation is 1. The van der Waals surface area contributed by atoms with Gasteiger partial charge >= 0.3 is 5.97 Å². The predicted octanol–water partition coefficient (Wildman–Crippen LogP) is 3.18. The van der Waals surface area contributed by atoms with E-state index in [4.69, 9.17) is 38.1 Å². The molecule has 0 radical (unpaired) electrons. The lowest BCUT2D eigenvalue weighted by Gasteiger charge is -2.31. The molecule has 0 saturated carbocycles. The van der Waals surface area contributed by atoms with Crippen LogP contribution in [0.1, 0.15) is 87.6 Å². The van der Waals surface area contributed by atoms with E-state index >= 15 is 0 Å². The molecule has 0 spiro atoms. The summed E-state index contributed by atoms with van der Waals surface area (Å²) in [7, 11) is 0. The lowest BCUT2D eigenvalue weighted by atomic mass is 9.86. The summed E-state index contributed by atoms with van der Waals surface area (Å²) in [5, 5.41) is 20.3. The maximum atomic E-state index is 14.9. The number of ether oxygens (including phenoxy) is 7. The number of carbonyl (C=O) groups excluding carboxylic acids is 8. The number of hydrogen-bond donors (Lipinski definition) is 4. The number of aromatic nitrogens is 2. The minimum Gasteiger partial charge on any atom is -0.458 e. The SMILES string of the molecule is CC[C@@]1(O)C(=O)OCc2c1cc1n(c2=O)Cc2c-1nc1cc(F)c(C)cc1c2CSCCSCNC(=O)[C@H](C)CC(=O)[C@@H](C)NC(=O)[C@H](C)CC(=O)CCOCCOCCOCCOCCOCCOCCNC(=O)CCN1C(=O)C=CC1=O. The first-order chi connectivity index (χ1) is 40.3. The maximum absolute atomic E-state index is 14.9. The number of benzene rings is 1. The number of fused-ring (bicyclic) bond motifs is 5. The minimum absolute atomic E-state index is 0.00758. The molecule has 2 aromatic heterocycles. The third-order valence-corrected chi connectivity index (χ3v) is 16.3. The van der Waals surface area contributed by atoms with Gasteiger partial charge in [-0.2, -0.15) is 11.8 Å². The molecular weight excluding hydrogens is 1140 g/mol. The number of esters is 1. The number of aliphatic hydroxyl groups is 1. The van der Waals surface area contributed by atoms with Crippen LogP contribution >= 0.6 is 23.5 Å². The van der Waals surface area contributed by atoms with Gasteiger partial charge in [-0.1, -0.05) is 20.8 Å². The molecule has 5 amide bonds. The predicted molar refractivity (Wildman–Crippen MR) is 309 cm³/mol. The van der Waals surface area contributed by atoms with Gasteiger partial charge in [-0.05, 0) is 43.5 Å². The normalized spacial score (nSPS) is 16.3. The Morgan fingerprint density at radius 3 is 1.99 bits per heavy atom. The maximum Gasteiger partial charge on any atom is 0.343 e. The van der Waals surface area contributed by atoms with E-state index in [1.807, 2.05) is 0 Å². The third-order valence-electron chi connectivity index (χ3n) is 14.2. The van der Waals surface area contributed by atoms with Gasteiger partial charge in [-0.15, -0.1) is 11.8 Å². The van der Waals surface area contributed by atoms with Gasteiger partial charge in [-0.3, -0.25) is 43.3 Å². The van der Waals surface area contributed by atoms with E-state index in [1.54, 1.807) is 63.1 Å². The van der Waals surface area contributed by atoms with Crippen LogP contribution < -0.4 is 21.5 Å². The second-order valence-electron chi connectivity index (χ2n) is 20.4. The number of rotatable bonds is 40. The molecule has 23 nitrogen and oxygen atoms in total. The van der Waals surface area contributed by atoms with Crippen LogP contribution in [0, 0.1) is 24.6 Å².